The predicted molar refractivity (Wildman–Crippen MR) is 147 cm³/mol. The maximum absolute atomic E-state index is 13.5. The van der Waals surface area contributed by atoms with Gasteiger partial charge in [-0.15, -0.1) is 0 Å². The van der Waals surface area contributed by atoms with Crippen molar-refractivity contribution in [1.82, 2.24) is 10.2 Å². The van der Waals surface area contributed by atoms with Crippen LogP contribution in [0.15, 0.2) is 81.7 Å². The normalized spacial score (nSPS) is 11.5. The number of halogens is 3. The molecule has 3 rings (SSSR count). The number of ether oxygens (including phenoxy) is 1. The van der Waals surface area contributed by atoms with Gasteiger partial charge in [-0.3, -0.25) is 9.59 Å². The van der Waals surface area contributed by atoms with Crippen LogP contribution < -0.4 is 10.1 Å². The number of hydrogen-bond donors (Lipinski definition) is 1. The Morgan fingerprint density at radius 2 is 1.66 bits per heavy atom. The van der Waals surface area contributed by atoms with Gasteiger partial charge >= 0.3 is 0 Å². The zero-order valence-electron chi connectivity index (χ0n) is 19.3. The molecule has 0 aliphatic heterocycles. The lowest BCUT2D eigenvalue weighted by Crippen LogP contribution is -2.51. The largest absolute Gasteiger partial charge is 0.482 e. The first kappa shape index (κ1) is 27.2. The van der Waals surface area contributed by atoms with Crippen molar-refractivity contribution in [2.24, 2.45) is 0 Å². The Bertz CT molecular complexity index is 1130. The lowest BCUT2D eigenvalue weighted by atomic mass is 10.0. The molecule has 0 bridgehead atoms. The Morgan fingerprint density at radius 1 is 0.971 bits per heavy atom. The Kier molecular flexibility index (Phi) is 10.6. The summed E-state index contributed by atoms with van der Waals surface area (Å²) in [4.78, 5) is 28.4. The van der Waals surface area contributed by atoms with Gasteiger partial charge in [-0.05, 0) is 47.9 Å². The lowest BCUT2D eigenvalue weighted by molar-refractivity contribution is -0.142. The van der Waals surface area contributed by atoms with Gasteiger partial charge in [0.25, 0.3) is 5.91 Å². The molecule has 0 spiro atoms. The summed E-state index contributed by atoms with van der Waals surface area (Å²) in [6, 6.07) is 21.9. The van der Waals surface area contributed by atoms with Gasteiger partial charge in [-0.25, -0.2) is 0 Å². The monoisotopic (exact) mass is 620 g/mol. The third kappa shape index (κ3) is 8.37. The lowest BCUT2D eigenvalue weighted by Gasteiger charge is -2.31. The zero-order chi connectivity index (χ0) is 25.2. The second-order valence-corrected chi connectivity index (χ2v) is 10.2. The van der Waals surface area contributed by atoms with Crippen LogP contribution >= 0.6 is 43.5 Å². The van der Waals surface area contributed by atoms with Crippen LogP contribution in [0.5, 0.6) is 5.75 Å². The highest BCUT2D eigenvalue weighted by Gasteiger charge is 2.30. The molecule has 3 aromatic rings. The average Bonchev–Trinajstić information content (AvgIpc) is 2.85. The van der Waals surface area contributed by atoms with Gasteiger partial charge in [-0.1, -0.05) is 92.8 Å². The SMILES string of the molecule is CCCNC(=O)[C@H](Cc1ccccc1)N(Cc1ccc(Br)cc1)C(=O)COc1ccc(Br)cc1Cl. The summed E-state index contributed by atoms with van der Waals surface area (Å²) in [7, 11) is 0. The highest BCUT2D eigenvalue weighted by Crippen LogP contribution is 2.28. The van der Waals surface area contributed by atoms with E-state index in [0.29, 0.717) is 23.7 Å². The third-order valence-electron chi connectivity index (χ3n) is 5.33. The molecular formula is C27H27Br2ClN2O3. The van der Waals surface area contributed by atoms with Crippen molar-refractivity contribution < 1.29 is 14.3 Å². The van der Waals surface area contributed by atoms with Crippen LogP contribution in [0.1, 0.15) is 24.5 Å². The third-order valence-corrected chi connectivity index (χ3v) is 6.65. The number of hydrogen-bond acceptors (Lipinski definition) is 3. The van der Waals surface area contributed by atoms with E-state index in [1.165, 1.54) is 0 Å². The highest BCUT2D eigenvalue weighted by molar-refractivity contribution is 9.10. The van der Waals surface area contributed by atoms with Gasteiger partial charge in [0.2, 0.25) is 5.91 Å². The molecule has 1 N–H and O–H groups in total. The Morgan fingerprint density at radius 3 is 2.31 bits per heavy atom. The van der Waals surface area contributed by atoms with E-state index in [0.717, 1.165) is 26.5 Å². The van der Waals surface area contributed by atoms with E-state index in [4.69, 9.17) is 16.3 Å². The second-order valence-electron chi connectivity index (χ2n) is 8.01. The van der Waals surface area contributed by atoms with E-state index in [1.807, 2.05) is 61.5 Å². The van der Waals surface area contributed by atoms with E-state index in [-0.39, 0.29) is 25.0 Å². The van der Waals surface area contributed by atoms with Gasteiger partial charge in [0.15, 0.2) is 6.61 Å². The molecule has 0 heterocycles. The van der Waals surface area contributed by atoms with Gasteiger partial charge in [0.05, 0.1) is 5.02 Å². The molecule has 0 saturated heterocycles. The van der Waals surface area contributed by atoms with Crippen LogP contribution in [0, 0.1) is 0 Å². The average molecular weight is 623 g/mol. The van der Waals surface area contributed by atoms with Crippen LogP contribution in [0.25, 0.3) is 0 Å². The molecule has 184 valence electrons. The molecule has 0 aliphatic carbocycles. The number of amides is 2. The minimum atomic E-state index is -0.705. The summed E-state index contributed by atoms with van der Waals surface area (Å²) in [5.41, 5.74) is 1.87. The van der Waals surface area contributed by atoms with Crippen molar-refractivity contribution in [2.45, 2.75) is 32.4 Å². The van der Waals surface area contributed by atoms with Crippen LogP contribution in [0.3, 0.4) is 0 Å². The molecule has 2 amide bonds. The highest BCUT2D eigenvalue weighted by atomic mass is 79.9. The van der Waals surface area contributed by atoms with Crippen molar-refractivity contribution in [3.8, 4) is 5.75 Å². The van der Waals surface area contributed by atoms with Crippen LogP contribution in [-0.2, 0) is 22.6 Å². The van der Waals surface area contributed by atoms with E-state index >= 15 is 0 Å². The minimum absolute atomic E-state index is 0.192. The molecule has 0 aromatic heterocycles. The zero-order valence-corrected chi connectivity index (χ0v) is 23.3. The fraction of sp³-hybridized carbons (Fsp3) is 0.259. The molecule has 0 radical (unpaired) electrons. The summed E-state index contributed by atoms with van der Waals surface area (Å²) in [5, 5.41) is 3.36. The van der Waals surface area contributed by atoms with E-state index in [1.54, 1.807) is 23.1 Å². The summed E-state index contributed by atoms with van der Waals surface area (Å²) < 4.78 is 7.52. The molecule has 0 fully saturated rings. The Balaban J connectivity index is 1.89. The fourth-order valence-corrected chi connectivity index (χ4v) is 4.51. The Hall–Kier alpha value is -2.35. The van der Waals surface area contributed by atoms with E-state index in [2.05, 4.69) is 37.2 Å². The van der Waals surface area contributed by atoms with Crippen LogP contribution in [-0.4, -0.2) is 35.9 Å². The maximum atomic E-state index is 13.5. The van der Waals surface area contributed by atoms with Crippen molar-refractivity contribution in [1.29, 1.82) is 0 Å². The first-order valence-corrected chi connectivity index (χ1v) is 13.3. The van der Waals surface area contributed by atoms with Gasteiger partial charge in [-0.2, -0.15) is 0 Å². The van der Waals surface area contributed by atoms with Crippen molar-refractivity contribution in [2.75, 3.05) is 13.2 Å². The number of nitrogens with zero attached hydrogens (tertiary/aromatic N) is 1. The maximum Gasteiger partial charge on any atom is 0.261 e. The summed E-state index contributed by atoms with van der Waals surface area (Å²) in [6.07, 6.45) is 1.19. The molecule has 1 atom stereocenters. The fourth-order valence-electron chi connectivity index (χ4n) is 3.52. The smallest absolute Gasteiger partial charge is 0.261 e. The number of carbonyl (C=O) groups is 2. The van der Waals surface area contributed by atoms with Gasteiger partial charge in [0, 0.05) is 28.5 Å². The number of benzene rings is 3. The van der Waals surface area contributed by atoms with Crippen molar-refractivity contribution in [3.05, 3.63) is 97.9 Å². The molecule has 5 nitrogen and oxygen atoms in total. The Labute approximate surface area is 228 Å². The first-order valence-electron chi connectivity index (χ1n) is 11.3. The topological polar surface area (TPSA) is 58.6 Å². The molecule has 0 unspecified atom stereocenters. The van der Waals surface area contributed by atoms with Crippen LogP contribution in [0.2, 0.25) is 5.02 Å². The summed E-state index contributed by atoms with van der Waals surface area (Å²) in [6.45, 7) is 2.55. The van der Waals surface area contributed by atoms with Crippen molar-refractivity contribution >= 4 is 55.3 Å². The molecule has 3 aromatic carbocycles. The van der Waals surface area contributed by atoms with E-state index < -0.39 is 6.04 Å². The molecule has 35 heavy (non-hydrogen) atoms. The molecule has 8 heteroatoms. The minimum Gasteiger partial charge on any atom is -0.482 e. The first-order chi connectivity index (χ1) is 16.9. The van der Waals surface area contributed by atoms with Gasteiger partial charge < -0.3 is 15.0 Å². The van der Waals surface area contributed by atoms with Gasteiger partial charge in [0.1, 0.15) is 11.8 Å². The summed E-state index contributed by atoms with van der Waals surface area (Å²) >= 11 is 13.1. The summed E-state index contributed by atoms with van der Waals surface area (Å²) in [5.74, 6) is -0.0934. The predicted octanol–water partition coefficient (Wildman–Crippen LogP) is 6.41. The van der Waals surface area contributed by atoms with Crippen LogP contribution in [0.4, 0.5) is 0 Å². The van der Waals surface area contributed by atoms with Crippen molar-refractivity contribution in [3.63, 3.8) is 0 Å². The molecule has 0 saturated carbocycles. The number of carbonyl (C=O) groups excluding carboxylic acids is 2. The van der Waals surface area contributed by atoms with E-state index in [9.17, 15) is 9.59 Å². The quantitative estimate of drug-likeness (QED) is 0.269. The standard InChI is InChI=1S/C27H27Br2ClN2O3/c1-2-14-31-27(34)24(15-19-6-4-3-5-7-19)32(17-20-8-10-21(28)11-9-20)26(33)18-35-25-13-12-22(29)16-23(25)30/h3-13,16,24H,2,14-15,17-18H2,1H3,(H,31,34)/t24-/m0/s1. The second kappa shape index (κ2) is 13.7. The molecule has 0 aliphatic rings. The molecular weight excluding hydrogens is 596 g/mol. The number of rotatable bonds is 11. The number of nitrogens with one attached hydrogen (secondary N) is 1.